The molecule has 0 aliphatic rings. The minimum atomic E-state index is -0.0979. The van der Waals surface area contributed by atoms with E-state index in [0.717, 1.165) is 12.1 Å². The van der Waals surface area contributed by atoms with Gasteiger partial charge in [0.2, 0.25) is 11.1 Å². The number of nitrogens with one attached hydrogen (secondary N) is 1. The molecule has 2 aromatic rings. The van der Waals surface area contributed by atoms with Crippen molar-refractivity contribution >= 4 is 23.4 Å². The summed E-state index contributed by atoms with van der Waals surface area (Å²) in [5.41, 5.74) is 2.07. The van der Waals surface area contributed by atoms with Gasteiger partial charge in [-0.3, -0.25) is 4.79 Å². The van der Waals surface area contributed by atoms with E-state index in [4.69, 9.17) is 5.84 Å². The van der Waals surface area contributed by atoms with E-state index in [2.05, 4.69) is 29.4 Å². The lowest BCUT2D eigenvalue weighted by atomic mass is 9.99. The molecular weight excluding hydrogens is 286 g/mol. The van der Waals surface area contributed by atoms with Gasteiger partial charge in [-0.15, -0.1) is 10.2 Å². The van der Waals surface area contributed by atoms with E-state index in [-0.39, 0.29) is 11.7 Å². The van der Waals surface area contributed by atoms with Crippen molar-refractivity contribution < 1.29 is 4.79 Å². The number of nitrogens with two attached hydrogens (primary N) is 1. The maximum Gasteiger partial charge on any atom is 0.234 e. The molecule has 1 aromatic carbocycles. The van der Waals surface area contributed by atoms with Crippen molar-refractivity contribution in [2.24, 2.45) is 0 Å². The molecule has 3 N–H and O–H groups in total. The molecule has 0 saturated heterocycles. The van der Waals surface area contributed by atoms with Gasteiger partial charge in [0.1, 0.15) is 6.33 Å². The van der Waals surface area contributed by atoms with E-state index in [1.54, 1.807) is 0 Å². The summed E-state index contributed by atoms with van der Waals surface area (Å²) < 4.78 is 1.29. The third-order valence-electron chi connectivity index (χ3n) is 3.25. The molecule has 0 aliphatic heterocycles. The van der Waals surface area contributed by atoms with Gasteiger partial charge < -0.3 is 11.2 Å². The summed E-state index contributed by atoms with van der Waals surface area (Å²) in [5.74, 6) is 6.25. The van der Waals surface area contributed by atoms with Crippen LogP contribution in [0.1, 0.15) is 31.7 Å². The monoisotopic (exact) mass is 305 g/mol. The zero-order valence-corrected chi connectivity index (χ0v) is 12.9. The number of carbonyl (C=O) groups is 1. The SMILES string of the molecule is CC[C@@H](C)c1ccc(NC(=O)CSc2nncn2N)cc1. The quantitative estimate of drug-likeness (QED) is 0.631. The zero-order valence-electron chi connectivity index (χ0n) is 12.1. The van der Waals surface area contributed by atoms with E-state index in [1.165, 1.54) is 28.3 Å². The van der Waals surface area contributed by atoms with Gasteiger partial charge in [-0.25, -0.2) is 4.68 Å². The molecule has 0 aliphatic carbocycles. The highest BCUT2D eigenvalue weighted by Crippen LogP contribution is 2.20. The van der Waals surface area contributed by atoms with Gasteiger partial charge in [-0.05, 0) is 30.0 Å². The number of carbonyl (C=O) groups excluding carboxylic acids is 1. The van der Waals surface area contributed by atoms with Crippen LogP contribution in [0.5, 0.6) is 0 Å². The predicted molar refractivity (Wildman–Crippen MR) is 84.7 cm³/mol. The maximum absolute atomic E-state index is 11.9. The molecule has 21 heavy (non-hydrogen) atoms. The van der Waals surface area contributed by atoms with Crippen molar-refractivity contribution in [3.63, 3.8) is 0 Å². The molecule has 6 nitrogen and oxygen atoms in total. The molecule has 7 heteroatoms. The van der Waals surface area contributed by atoms with Crippen molar-refractivity contribution in [3.05, 3.63) is 36.2 Å². The lowest BCUT2D eigenvalue weighted by molar-refractivity contribution is -0.113. The smallest absolute Gasteiger partial charge is 0.234 e. The van der Waals surface area contributed by atoms with Gasteiger partial charge in [0.15, 0.2) is 0 Å². The fourth-order valence-corrected chi connectivity index (χ4v) is 2.43. The number of benzene rings is 1. The Morgan fingerprint density at radius 2 is 2.14 bits per heavy atom. The van der Waals surface area contributed by atoms with Crippen molar-refractivity contribution in [1.82, 2.24) is 14.9 Å². The molecule has 1 heterocycles. The summed E-state index contributed by atoms with van der Waals surface area (Å²) in [6.07, 6.45) is 2.50. The molecule has 0 bridgehead atoms. The Hall–Kier alpha value is -2.02. The number of anilines is 1. The molecule has 1 atom stereocenters. The minimum absolute atomic E-state index is 0.0979. The van der Waals surface area contributed by atoms with Crippen molar-refractivity contribution in [1.29, 1.82) is 0 Å². The Bertz CT molecular complexity index is 596. The summed E-state index contributed by atoms with van der Waals surface area (Å²) in [4.78, 5) is 11.9. The van der Waals surface area contributed by atoms with Crippen molar-refractivity contribution in [3.8, 4) is 0 Å². The highest BCUT2D eigenvalue weighted by atomic mass is 32.2. The molecule has 1 amide bonds. The number of aromatic nitrogens is 3. The Labute approximate surface area is 128 Å². The molecule has 0 spiro atoms. The zero-order chi connectivity index (χ0) is 15.2. The standard InChI is InChI=1S/C14H19N5OS/c1-3-10(2)11-4-6-12(7-5-11)17-13(20)8-21-14-18-16-9-19(14)15/h4-7,9-10H,3,8,15H2,1-2H3,(H,17,20)/t10-/m1/s1. The maximum atomic E-state index is 11.9. The topological polar surface area (TPSA) is 85.8 Å². The highest BCUT2D eigenvalue weighted by Gasteiger charge is 2.08. The van der Waals surface area contributed by atoms with E-state index >= 15 is 0 Å². The fraction of sp³-hybridized carbons (Fsp3) is 0.357. The number of hydrogen-bond acceptors (Lipinski definition) is 5. The number of thioether (sulfide) groups is 1. The lowest BCUT2D eigenvalue weighted by Crippen LogP contribution is -2.15. The first kappa shape index (κ1) is 15.4. The number of hydrogen-bond donors (Lipinski definition) is 2. The number of rotatable bonds is 6. The van der Waals surface area contributed by atoms with Crippen LogP contribution in [0.15, 0.2) is 35.7 Å². The molecule has 0 radical (unpaired) electrons. The first-order valence-electron chi connectivity index (χ1n) is 6.78. The average molecular weight is 305 g/mol. The van der Waals surface area contributed by atoms with E-state index < -0.39 is 0 Å². The van der Waals surface area contributed by atoms with Gasteiger partial charge in [-0.2, -0.15) is 0 Å². The fourth-order valence-electron chi connectivity index (χ4n) is 1.79. The Morgan fingerprint density at radius 3 is 2.71 bits per heavy atom. The van der Waals surface area contributed by atoms with Crippen LogP contribution in [0.2, 0.25) is 0 Å². The first-order chi connectivity index (χ1) is 10.1. The number of amides is 1. The Balaban J connectivity index is 1.86. The largest absolute Gasteiger partial charge is 0.336 e. The van der Waals surface area contributed by atoms with Crippen LogP contribution in [-0.4, -0.2) is 26.5 Å². The van der Waals surface area contributed by atoms with E-state index in [9.17, 15) is 4.79 Å². The molecule has 0 fully saturated rings. The van der Waals surface area contributed by atoms with Crippen LogP contribution < -0.4 is 11.2 Å². The van der Waals surface area contributed by atoms with E-state index in [0.29, 0.717) is 11.1 Å². The van der Waals surface area contributed by atoms with Crippen molar-refractivity contribution in [2.45, 2.75) is 31.3 Å². The Kier molecular flexibility index (Phi) is 5.21. The molecule has 0 saturated carbocycles. The summed E-state index contributed by atoms with van der Waals surface area (Å²) in [6.45, 7) is 4.35. The highest BCUT2D eigenvalue weighted by molar-refractivity contribution is 7.99. The molecule has 112 valence electrons. The third kappa shape index (κ3) is 4.22. The molecular formula is C14H19N5OS. The number of nitrogen functional groups attached to an aromatic ring is 1. The second-order valence-electron chi connectivity index (χ2n) is 4.79. The Morgan fingerprint density at radius 1 is 1.43 bits per heavy atom. The predicted octanol–water partition coefficient (Wildman–Crippen LogP) is 2.24. The van der Waals surface area contributed by atoms with Gasteiger partial charge in [-0.1, -0.05) is 37.7 Å². The van der Waals surface area contributed by atoms with Crippen LogP contribution in [0.4, 0.5) is 5.69 Å². The van der Waals surface area contributed by atoms with Crippen LogP contribution in [0, 0.1) is 0 Å². The van der Waals surface area contributed by atoms with Gasteiger partial charge in [0.05, 0.1) is 5.75 Å². The van der Waals surface area contributed by atoms with Crippen molar-refractivity contribution in [2.75, 3.05) is 16.9 Å². The summed E-state index contributed by atoms with van der Waals surface area (Å²) in [6, 6.07) is 7.95. The number of nitrogens with zero attached hydrogens (tertiary/aromatic N) is 3. The van der Waals surface area contributed by atoms with Crippen LogP contribution in [0.3, 0.4) is 0 Å². The lowest BCUT2D eigenvalue weighted by Gasteiger charge is -2.10. The van der Waals surface area contributed by atoms with E-state index in [1.807, 2.05) is 24.3 Å². The van der Waals surface area contributed by atoms with Gasteiger partial charge in [0, 0.05) is 5.69 Å². The first-order valence-corrected chi connectivity index (χ1v) is 7.76. The molecule has 0 unspecified atom stereocenters. The molecule has 1 aromatic heterocycles. The third-order valence-corrected chi connectivity index (χ3v) is 4.21. The normalized spacial score (nSPS) is 12.1. The average Bonchev–Trinajstić information content (AvgIpc) is 2.90. The van der Waals surface area contributed by atoms with Gasteiger partial charge >= 0.3 is 0 Å². The minimum Gasteiger partial charge on any atom is -0.336 e. The second-order valence-corrected chi connectivity index (χ2v) is 5.73. The van der Waals surface area contributed by atoms with Crippen LogP contribution in [-0.2, 0) is 4.79 Å². The summed E-state index contributed by atoms with van der Waals surface area (Å²) in [7, 11) is 0. The molecule has 2 rings (SSSR count). The van der Waals surface area contributed by atoms with Gasteiger partial charge in [0.25, 0.3) is 0 Å². The van der Waals surface area contributed by atoms with Crippen LogP contribution in [0.25, 0.3) is 0 Å². The van der Waals surface area contributed by atoms with Crippen LogP contribution >= 0.6 is 11.8 Å². The second kappa shape index (κ2) is 7.12. The summed E-state index contributed by atoms with van der Waals surface area (Å²) in [5, 5.41) is 10.8. The summed E-state index contributed by atoms with van der Waals surface area (Å²) >= 11 is 1.25.